The highest BCUT2D eigenvalue weighted by Crippen LogP contribution is 2.22. The third-order valence-corrected chi connectivity index (χ3v) is 4.85. The van der Waals surface area contributed by atoms with Crippen molar-refractivity contribution < 1.29 is 0 Å². The summed E-state index contributed by atoms with van der Waals surface area (Å²) < 4.78 is 0. The molecule has 1 atom stereocenters. The average Bonchev–Trinajstić information content (AvgIpc) is 2.74. The van der Waals surface area contributed by atoms with Crippen LogP contribution in [0.5, 0.6) is 0 Å². The molecule has 0 bridgehead atoms. The Labute approximate surface area is 127 Å². The molecule has 0 spiro atoms. The summed E-state index contributed by atoms with van der Waals surface area (Å²) in [7, 11) is 0. The van der Waals surface area contributed by atoms with Crippen molar-refractivity contribution in [1.82, 2.24) is 5.32 Å². The van der Waals surface area contributed by atoms with Gasteiger partial charge in [0.25, 0.3) is 0 Å². The van der Waals surface area contributed by atoms with Gasteiger partial charge in [-0.25, -0.2) is 0 Å². The lowest BCUT2D eigenvalue weighted by Gasteiger charge is -2.15. The van der Waals surface area contributed by atoms with Gasteiger partial charge in [-0.3, -0.25) is 0 Å². The van der Waals surface area contributed by atoms with Crippen LogP contribution in [0.1, 0.15) is 59.2 Å². The van der Waals surface area contributed by atoms with E-state index in [0.717, 1.165) is 6.54 Å². The smallest absolute Gasteiger partial charge is 0.0294 e. The molecule has 20 heavy (non-hydrogen) atoms. The van der Waals surface area contributed by atoms with Crippen molar-refractivity contribution in [3.8, 4) is 0 Å². The molecule has 2 rings (SSSR count). The quantitative estimate of drug-likeness (QED) is 0.782. The Morgan fingerprint density at radius 2 is 1.60 bits per heavy atom. The Hall–Kier alpha value is -1.12. The molecule has 1 aromatic heterocycles. The van der Waals surface area contributed by atoms with Gasteiger partial charge in [0.05, 0.1) is 0 Å². The van der Waals surface area contributed by atoms with E-state index in [0.29, 0.717) is 12.0 Å². The fraction of sp³-hybridized carbons (Fsp3) is 0.444. The molecule has 0 saturated heterocycles. The summed E-state index contributed by atoms with van der Waals surface area (Å²) in [6.07, 6.45) is 0. The van der Waals surface area contributed by atoms with Crippen LogP contribution in [0, 0.1) is 13.8 Å². The van der Waals surface area contributed by atoms with Gasteiger partial charge >= 0.3 is 0 Å². The van der Waals surface area contributed by atoms with Gasteiger partial charge in [-0.1, -0.05) is 38.1 Å². The Morgan fingerprint density at radius 1 is 1.00 bits per heavy atom. The summed E-state index contributed by atoms with van der Waals surface area (Å²) in [5, 5.41) is 3.62. The summed E-state index contributed by atoms with van der Waals surface area (Å²) in [6.45, 7) is 12.0. The highest BCUT2D eigenvalue weighted by atomic mass is 32.1. The van der Waals surface area contributed by atoms with E-state index in [9.17, 15) is 0 Å². The molecule has 0 radical (unpaired) electrons. The molecule has 2 heteroatoms. The summed E-state index contributed by atoms with van der Waals surface area (Å²) in [5.74, 6) is 0.601. The molecule has 0 aliphatic heterocycles. The molecule has 1 heterocycles. The van der Waals surface area contributed by atoms with Gasteiger partial charge < -0.3 is 5.32 Å². The van der Waals surface area contributed by atoms with E-state index in [-0.39, 0.29) is 0 Å². The van der Waals surface area contributed by atoms with E-state index in [4.69, 9.17) is 0 Å². The molecule has 1 N–H and O–H groups in total. The number of rotatable bonds is 5. The SMILES string of the molecule is Cc1cc(CNC(C)c2ccc(C(C)C)cc2)c(C)s1. The molecule has 0 aliphatic carbocycles. The molecular weight excluding hydrogens is 262 g/mol. The van der Waals surface area contributed by atoms with E-state index in [1.54, 1.807) is 0 Å². The van der Waals surface area contributed by atoms with Gasteiger partial charge in [-0.05, 0) is 49.4 Å². The van der Waals surface area contributed by atoms with Gasteiger partial charge in [0.15, 0.2) is 0 Å². The first-order valence-corrected chi connectivity index (χ1v) is 8.18. The van der Waals surface area contributed by atoms with Crippen molar-refractivity contribution in [3.63, 3.8) is 0 Å². The van der Waals surface area contributed by atoms with Crippen LogP contribution in [-0.4, -0.2) is 0 Å². The molecule has 0 fully saturated rings. The minimum atomic E-state index is 0.385. The Balaban J connectivity index is 1.97. The zero-order valence-corrected chi connectivity index (χ0v) is 14.0. The Bertz CT molecular complexity index is 551. The molecular formula is C18H25NS. The summed E-state index contributed by atoms with van der Waals surface area (Å²) in [4.78, 5) is 2.82. The van der Waals surface area contributed by atoms with Crippen molar-refractivity contribution in [3.05, 3.63) is 56.8 Å². The second kappa shape index (κ2) is 6.55. The minimum Gasteiger partial charge on any atom is -0.306 e. The largest absolute Gasteiger partial charge is 0.306 e. The van der Waals surface area contributed by atoms with Crippen molar-refractivity contribution >= 4 is 11.3 Å². The monoisotopic (exact) mass is 287 g/mol. The Morgan fingerprint density at radius 3 is 2.10 bits per heavy atom. The topological polar surface area (TPSA) is 12.0 Å². The second-order valence-corrected chi connectivity index (χ2v) is 7.32. The predicted molar refractivity (Wildman–Crippen MR) is 89.6 cm³/mol. The molecule has 0 aliphatic rings. The van der Waals surface area contributed by atoms with E-state index < -0.39 is 0 Å². The van der Waals surface area contributed by atoms with Crippen molar-refractivity contribution in [2.45, 2.75) is 53.1 Å². The normalized spacial score (nSPS) is 12.9. The molecule has 1 nitrogen and oxygen atoms in total. The third-order valence-electron chi connectivity index (χ3n) is 3.85. The molecule has 108 valence electrons. The lowest BCUT2D eigenvalue weighted by molar-refractivity contribution is 0.574. The van der Waals surface area contributed by atoms with Crippen LogP contribution >= 0.6 is 11.3 Å². The fourth-order valence-corrected chi connectivity index (χ4v) is 3.36. The summed E-state index contributed by atoms with van der Waals surface area (Å²) >= 11 is 1.88. The van der Waals surface area contributed by atoms with Gasteiger partial charge in [0.2, 0.25) is 0 Å². The first kappa shape index (κ1) is 15.3. The molecule has 0 saturated carbocycles. The van der Waals surface area contributed by atoms with Crippen LogP contribution in [-0.2, 0) is 6.54 Å². The standard InChI is InChI=1S/C18H25NS/c1-12(2)16-6-8-17(9-7-16)14(4)19-11-18-10-13(3)20-15(18)5/h6-10,12,14,19H,11H2,1-5H3. The van der Waals surface area contributed by atoms with Gasteiger partial charge in [0, 0.05) is 22.3 Å². The molecule has 2 aromatic rings. The lowest BCUT2D eigenvalue weighted by Crippen LogP contribution is -2.18. The zero-order valence-electron chi connectivity index (χ0n) is 13.2. The van der Waals surface area contributed by atoms with Crippen molar-refractivity contribution in [1.29, 1.82) is 0 Å². The molecule has 1 unspecified atom stereocenters. The van der Waals surface area contributed by atoms with Gasteiger partial charge in [0.1, 0.15) is 0 Å². The van der Waals surface area contributed by atoms with Crippen LogP contribution in [0.4, 0.5) is 0 Å². The van der Waals surface area contributed by atoms with Crippen LogP contribution < -0.4 is 5.32 Å². The maximum atomic E-state index is 3.62. The van der Waals surface area contributed by atoms with Gasteiger partial charge in [-0.2, -0.15) is 0 Å². The number of hydrogen-bond acceptors (Lipinski definition) is 2. The highest BCUT2D eigenvalue weighted by molar-refractivity contribution is 7.12. The zero-order chi connectivity index (χ0) is 14.7. The number of aryl methyl sites for hydroxylation is 2. The first-order valence-electron chi connectivity index (χ1n) is 7.36. The van der Waals surface area contributed by atoms with E-state index in [2.05, 4.69) is 70.3 Å². The highest BCUT2D eigenvalue weighted by Gasteiger charge is 2.08. The number of nitrogens with one attached hydrogen (secondary N) is 1. The van der Waals surface area contributed by atoms with Crippen LogP contribution in [0.15, 0.2) is 30.3 Å². The number of thiophene rings is 1. The van der Waals surface area contributed by atoms with Crippen molar-refractivity contribution in [2.75, 3.05) is 0 Å². The number of hydrogen-bond donors (Lipinski definition) is 1. The summed E-state index contributed by atoms with van der Waals surface area (Å²) in [5.41, 5.74) is 4.20. The molecule has 0 amide bonds. The fourth-order valence-electron chi connectivity index (χ4n) is 2.41. The second-order valence-electron chi connectivity index (χ2n) is 5.86. The predicted octanol–water partition coefficient (Wildman–Crippen LogP) is 5.34. The third kappa shape index (κ3) is 3.71. The van der Waals surface area contributed by atoms with Crippen LogP contribution in [0.25, 0.3) is 0 Å². The van der Waals surface area contributed by atoms with Crippen LogP contribution in [0.3, 0.4) is 0 Å². The number of benzene rings is 1. The summed E-state index contributed by atoms with van der Waals surface area (Å²) in [6, 6.07) is 11.7. The van der Waals surface area contributed by atoms with E-state index in [1.165, 1.54) is 26.4 Å². The van der Waals surface area contributed by atoms with Crippen LogP contribution in [0.2, 0.25) is 0 Å². The van der Waals surface area contributed by atoms with Crippen molar-refractivity contribution in [2.24, 2.45) is 0 Å². The average molecular weight is 287 g/mol. The van der Waals surface area contributed by atoms with E-state index in [1.807, 2.05) is 11.3 Å². The Kier molecular flexibility index (Phi) is 5.00. The van der Waals surface area contributed by atoms with E-state index >= 15 is 0 Å². The maximum Gasteiger partial charge on any atom is 0.0294 e. The maximum absolute atomic E-state index is 3.62. The first-order chi connectivity index (χ1) is 9.47. The van der Waals surface area contributed by atoms with Gasteiger partial charge in [-0.15, -0.1) is 11.3 Å². The lowest BCUT2D eigenvalue weighted by atomic mass is 9.99. The minimum absolute atomic E-state index is 0.385. The molecule has 1 aromatic carbocycles.